The maximum absolute atomic E-state index is 8.98. The number of nitrogens with zero attached hydrogens (tertiary/aromatic N) is 1. The average Bonchev–Trinajstić information content (AvgIpc) is 2.23. The van der Waals surface area contributed by atoms with E-state index >= 15 is 0 Å². The zero-order valence-electron chi connectivity index (χ0n) is 15.7. The Balaban J connectivity index is 3.71. The smallest absolute Gasteiger partial charge is 0.423 e. The summed E-state index contributed by atoms with van der Waals surface area (Å²) in [6.07, 6.45) is 0.831. The van der Waals surface area contributed by atoms with E-state index in [9.17, 15) is 0 Å². The van der Waals surface area contributed by atoms with Crippen molar-refractivity contribution in [2.45, 2.75) is 26.0 Å². The Morgan fingerprint density at radius 1 is 1.38 bits per heavy atom. The van der Waals surface area contributed by atoms with Crippen molar-refractivity contribution in [3.05, 3.63) is 24.0 Å². The highest BCUT2D eigenvalue weighted by Crippen LogP contribution is 2.18. The molecule has 0 unspecified atom stereocenters. The predicted octanol–water partition coefficient (Wildman–Crippen LogP) is 0.0589. The monoisotopic (exact) mass is 188 g/mol. The van der Waals surface area contributed by atoms with Gasteiger partial charge < -0.3 is 10.0 Å². The van der Waals surface area contributed by atoms with Crippen molar-refractivity contribution in [3.63, 3.8) is 0 Å². The highest BCUT2D eigenvalue weighted by Gasteiger charge is 2.17. The third-order valence-electron chi connectivity index (χ3n) is 1.47. The van der Waals surface area contributed by atoms with Crippen LogP contribution in [0.5, 0.6) is 0 Å². The van der Waals surface area contributed by atoms with Crippen molar-refractivity contribution in [2.75, 3.05) is 0 Å². The van der Waals surface area contributed by atoms with Gasteiger partial charge in [-0.3, -0.25) is 4.98 Å². The van der Waals surface area contributed by atoms with Crippen molar-refractivity contribution >= 4 is 12.6 Å². The van der Waals surface area contributed by atoms with E-state index in [0.29, 0.717) is 0 Å². The molecule has 2 N–H and O–H groups in total. The van der Waals surface area contributed by atoms with E-state index in [2.05, 4.69) is 4.98 Å². The lowest BCUT2D eigenvalue weighted by Crippen LogP contribution is -2.30. The molecule has 0 atom stereocenters. The summed E-state index contributed by atoms with van der Waals surface area (Å²) in [6, 6.07) is 1.89. The molecule has 0 spiro atoms. The van der Waals surface area contributed by atoms with Gasteiger partial charge in [0.1, 0.15) is 0 Å². The molecule has 0 aromatic carbocycles. The minimum absolute atomic E-state index is 0.126. The lowest BCUT2D eigenvalue weighted by atomic mass is 9.80. The lowest BCUT2D eigenvalue weighted by Gasteiger charge is -2.17. The van der Waals surface area contributed by atoms with Crippen LogP contribution in [0.1, 0.15) is 38.6 Å². The molecular formula is C9H14BNO2. The van der Waals surface area contributed by atoms with Crippen molar-refractivity contribution in [1.29, 1.82) is 0 Å². The number of pyridine rings is 1. The van der Waals surface area contributed by atoms with Crippen LogP contribution in [0.2, 0.25) is 0 Å². The summed E-state index contributed by atoms with van der Waals surface area (Å²) in [5.74, 6) is 0. The van der Waals surface area contributed by atoms with E-state index < -0.39 is 38.8 Å². The van der Waals surface area contributed by atoms with Crippen LogP contribution in [0.15, 0.2) is 18.3 Å². The molecule has 0 bridgehead atoms. The molecule has 0 aliphatic rings. The number of rotatable bonds is 1. The first-order valence-corrected chi connectivity index (χ1v) is 3.49. The molecule has 0 aliphatic heterocycles. The quantitative estimate of drug-likeness (QED) is 0.612. The second-order valence-electron chi connectivity index (χ2n) is 2.60. The minimum atomic E-state index is -3.39. The molecule has 0 amide bonds. The lowest BCUT2D eigenvalue weighted by molar-refractivity contribution is 0.425. The van der Waals surface area contributed by atoms with Crippen LogP contribution in [0.3, 0.4) is 0 Å². The highest BCUT2D eigenvalue weighted by atomic mass is 16.4. The van der Waals surface area contributed by atoms with Gasteiger partial charge in [0, 0.05) is 35.1 Å². The number of hydrogen-bond donors (Lipinski definition) is 2. The fraction of sp³-hybridized carbons (Fsp3) is 0.444. The second kappa shape index (κ2) is 3.48. The van der Waals surface area contributed by atoms with Gasteiger partial charge in [-0.15, -0.1) is 0 Å². The van der Waals surface area contributed by atoms with Crippen molar-refractivity contribution in [3.8, 4) is 0 Å². The van der Waals surface area contributed by atoms with E-state index in [1.54, 1.807) is 0 Å². The summed E-state index contributed by atoms with van der Waals surface area (Å²) in [6.45, 7) is -10.2. The Labute approximate surface area is 91.2 Å². The van der Waals surface area contributed by atoms with Crippen molar-refractivity contribution < 1.29 is 22.4 Å². The van der Waals surface area contributed by atoms with E-state index in [-0.39, 0.29) is 5.46 Å². The van der Waals surface area contributed by atoms with Crippen LogP contribution in [0.4, 0.5) is 0 Å². The normalized spacial score (nSPS) is 24.6. The zero-order chi connectivity index (χ0) is 17.6. The third-order valence-corrected chi connectivity index (χ3v) is 1.47. The van der Waals surface area contributed by atoms with Gasteiger partial charge in [0.15, 0.2) is 0 Å². The standard InChI is InChI=1S/C9H14BNO2/c1-9(2,3)8-5-4-7(6-11-8)10(12)13/h4-6,12-13H,1-3H3/i1D3,2D3,3D3. The van der Waals surface area contributed by atoms with Gasteiger partial charge in [0.25, 0.3) is 0 Å². The van der Waals surface area contributed by atoms with Crippen molar-refractivity contribution in [2.24, 2.45) is 0 Å². The summed E-state index contributed by atoms with van der Waals surface area (Å²) in [5.41, 5.74) is -4.00. The maximum atomic E-state index is 8.98. The fourth-order valence-electron chi connectivity index (χ4n) is 0.780. The summed E-state index contributed by atoms with van der Waals surface area (Å²) in [7, 11) is -1.90. The molecule has 0 fully saturated rings. The highest BCUT2D eigenvalue weighted by molar-refractivity contribution is 6.58. The Bertz CT molecular complexity index is 484. The van der Waals surface area contributed by atoms with E-state index in [1.807, 2.05) is 0 Å². The van der Waals surface area contributed by atoms with E-state index in [0.717, 1.165) is 18.3 Å². The zero-order valence-corrected chi connectivity index (χ0v) is 6.65. The first-order chi connectivity index (χ1) is 9.66. The largest absolute Gasteiger partial charge is 0.490 e. The summed E-state index contributed by atoms with van der Waals surface area (Å²) >= 11 is 0. The maximum Gasteiger partial charge on any atom is 0.490 e. The molecule has 1 aromatic heterocycles. The molecule has 0 saturated carbocycles. The van der Waals surface area contributed by atoms with Crippen LogP contribution in [-0.4, -0.2) is 22.2 Å². The summed E-state index contributed by atoms with van der Waals surface area (Å²) in [5, 5.41) is 18.0. The molecule has 1 heterocycles. The Morgan fingerprint density at radius 3 is 2.46 bits per heavy atom. The first kappa shape index (κ1) is 3.37. The Morgan fingerprint density at radius 2 is 2.08 bits per heavy atom. The Hall–Kier alpha value is -0.865. The molecule has 0 saturated heterocycles. The van der Waals surface area contributed by atoms with E-state index in [4.69, 9.17) is 22.4 Å². The van der Waals surface area contributed by atoms with Gasteiger partial charge in [-0.25, -0.2) is 0 Å². The summed E-state index contributed by atoms with van der Waals surface area (Å²) < 4.78 is 67.5. The topological polar surface area (TPSA) is 53.4 Å². The average molecular weight is 188 g/mol. The van der Waals surface area contributed by atoms with Gasteiger partial charge >= 0.3 is 7.12 Å². The van der Waals surface area contributed by atoms with Crippen LogP contribution in [0.25, 0.3) is 0 Å². The third kappa shape index (κ3) is 2.54. The molecule has 13 heavy (non-hydrogen) atoms. The number of aromatic nitrogens is 1. The van der Waals surface area contributed by atoms with Gasteiger partial charge in [-0.2, -0.15) is 0 Å². The van der Waals surface area contributed by atoms with Crippen molar-refractivity contribution in [1.82, 2.24) is 4.98 Å². The second-order valence-corrected chi connectivity index (χ2v) is 2.60. The molecule has 4 heteroatoms. The van der Waals surface area contributed by atoms with Crippen LogP contribution >= 0.6 is 0 Å². The number of hydrogen-bond acceptors (Lipinski definition) is 3. The molecular weight excluding hydrogens is 165 g/mol. The molecule has 0 radical (unpaired) electrons. The van der Waals surface area contributed by atoms with Gasteiger partial charge in [0.2, 0.25) is 0 Å². The minimum Gasteiger partial charge on any atom is -0.423 e. The Kier molecular flexibility index (Phi) is 0.901. The molecule has 70 valence electrons. The molecule has 0 aliphatic carbocycles. The SMILES string of the molecule is [2H]C([2H])([2H])C(c1ccc(B(O)O)cn1)(C([2H])([2H])[2H])C([2H])([2H])[2H]. The van der Waals surface area contributed by atoms with Crippen LogP contribution < -0.4 is 5.46 Å². The van der Waals surface area contributed by atoms with Crippen LogP contribution in [-0.2, 0) is 5.41 Å². The van der Waals surface area contributed by atoms with Gasteiger partial charge in [0.05, 0.1) is 0 Å². The molecule has 1 aromatic rings. The fourth-order valence-corrected chi connectivity index (χ4v) is 0.780. The predicted molar refractivity (Wildman–Crippen MR) is 52.8 cm³/mol. The summed E-state index contributed by atoms with van der Waals surface area (Å²) in [4.78, 5) is 3.57. The molecule has 3 nitrogen and oxygen atoms in total. The van der Waals surface area contributed by atoms with Gasteiger partial charge in [-0.05, 0) is 6.07 Å². The molecule has 1 rings (SSSR count). The van der Waals surface area contributed by atoms with Crippen LogP contribution in [0, 0.1) is 0 Å². The van der Waals surface area contributed by atoms with Gasteiger partial charge in [-0.1, -0.05) is 26.6 Å². The first-order valence-electron chi connectivity index (χ1n) is 7.99. The van der Waals surface area contributed by atoms with E-state index in [1.165, 1.54) is 0 Å².